The maximum Gasteiger partial charge on any atom is 0.273 e. The van der Waals surface area contributed by atoms with Gasteiger partial charge in [-0.05, 0) is 6.07 Å². The van der Waals surface area contributed by atoms with E-state index in [4.69, 9.17) is 0 Å². The van der Waals surface area contributed by atoms with Crippen molar-refractivity contribution in [1.82, 2.24) is 19.5 Å². The second-order valence-corrected chi connectivity index (χ2v) is 3.15. The average molecular weight is 190 g/mol. The van der Waals surface area contributed by atoms with Crippen LogP contribution in [0.1, 0.15) is 10.5 Å². The lowest BCUT2D eigenvalue weighted by Crippen LogP contribution is -2.22. The lowest BCUT2D eigenvalue weighted by molar-refractivity contribution is 0.0821. The van der Waals surface area contributed by atoms with Gasteiger partial charge in [-0.25, -0.2) is 9.50 Å². The number of carbonyl (C=O) groups excluding carboxylic acids is 1. The van der Waals surface area contributed by atoms with Crippen LogP contribution in [0.4, 0.5) is 0 Å². The van der Waals surface area contributed by atoms with Crippen LogP contribution in [0.3, 0.4) is 0 Å². The topological polar surface area (TPSA) is 50.5 Å². The Morgan fingerprint density at radius 1 is 1.50 bits per heavy atom. The summed E-state index contributed by atoms with van der Waals surface area (Å²) in [5.41, 5.74) is 1.09. The normalized spacial score (nSPS) is 10.4. The van der Waals surface area contributed by atoms with Crippen LogP contribution >= 0.6 is 0 Å². The van der Waals surface area contributed by atoms with Crippen molar-refractivity contribution < 1.29 is 4.79 Å². The Morgan fingerprint density at radius 3 is 2.93 bits per heavy atom. The van der Waals surface area contributed by atoms with E-state index >= 15 is 0 Å². The summed E-state index contributed by atoms with van der Waals surface area (Å²) >= 11 is 0. The van der Waals surface area contributed by atoms with Crippen LogP contribution < -0.4 is 0 Å². The molecule has 0 aliphatic rings. The van der Waals surface area contributed by atoms with Gasteiger partial charge in [0.25, 0.3) is 5.91 Å². The SMILES string of the molecule is CN(C)C(=O)c1cc2ncccn2n1. The minimum Gasteiger partial charge on any atom is -0.343 e. The number of aromatic nitrogens is 3. The zero-order valence-electron chi connectivity index (χ0n) is 8.01. The summed E-state index contributed by atoms with van der Waals surface area (Å²) < 4.78 is 1.58. The highest BCUT2D eigenvalue weighted by molar-refractivity contribution is 5.92. The predicted molar refractivity (Wildman–Crippen MR) is 51.0 cm³/mol. The number of hydrogen-bond acceptors (Lipinski definition) is 3. The highest BCUT2D eigenvalue weighted by atomic mass is 16.2. The van der Waals surface area contributed by atoms with Gasteiger partial charge in [-0.1, -0.05) is 0 Å². The molecule has 2 rings (SSSR count). The van der Waals surface area contributed by atoms with Gasteiger partial charge in [-0.15, -0.1) is 0 Å². The van der Waals surface area contributed by atoms with Crippen LogP contribution in [0.2, 0.25) is 0 Å². The van der Waals surface area contributed by atoms with Crippen molar-refractivity contribution in [3.8, 4) is 0 Å². The maximum atomic E-state index is 11.5. The number of hydrogen-bond donors (Lipinski definition) is 0. The molecule has 0 fully saturated rings. The highest BCUT2D eigenvalue weighted by Crippen LogP contribution is 2.04. The van der Waals surface area contributed by atoms with E-state index in [1.165, 1.54) is 4.90 Å². The molecule has 5 nitrogen and oxygen atoms in total. The molecular formula is C9H10N4O. The molecule has 0 aliphatic heterocycles. The molecule has 0 N–H and O–H groups in total. The van der Waals surface area contributed by atoms with Gasteiger partial charge < -0.3 is 4.90 Å². The Kier molecular flexibility index (Phi) is 1.92. The van der Waals surface area contributed by atoms with Gasteiger partial charge in [0, 0.05) is 32.6 Å². The van der Waals surface area contributed by atoms with Crippen LogP contribution in [-0.2, 0) is 0 Å². The molecule has 0 spiro atoms. The first-order valence-electron chi connectivity index (χ1n) is 4.20. The van der Waals surface area contributed by atoms with Crippen molar-refractivity contribution in [2.24, 2.45) is 0 Å². The first-order valence-corrected chi connectivity index (χ1v) is 4.20. The van der Waals surface area contributed by atoms with E-state index in [2.05, 4.69) is 10.1 Å². The fraction of sp³-hybridized carbons (Fsp3) is 0.222. The van der Waals surface area contributed by atoms with Crippen molar-refractivity contribution in [1.29, 1.82) is 0 Å². The van der Waals surface area contributed by atoms with E-state index in [1.54, 1.807) is 43.1 Å². The second kappa shape index (κ2) is 3.10. The summed E-state index contributed by atoms with van der Waals surface area (Å²) in [6.45, 7) is 0. The molecule has 0 aromatic carbocycles. The third-order valence-electron chi connectivity index (χ3n) is 1.86. The third kappa shape index (κ3) is 1.32. The predicted octanol–water partition coefficient (Wildman–Crippen LogP) is 0.431. The highest BCUT2D eigenvalue weighted by Gasteiger charge is 2.12. The Labute approximate surface area is 81.0 Å². The Hall–Kier alpha value is -1.91. The number of nitrogens with zero attached hydrogens (tertiary/aromatic N) is 4. The molecule has 0 atom stereocenters. The molecule has 0 aliphatic carbocycles. The molecule has 2 heterocycles. The Bertz CT molecular complexity index is 441. The largest absolute Gasteiger partial charge is 0.343 e. The zero-order valence-corrected chi connectivity index (χ0v) is 8.01. The fourth-order valence-corrected chi connectivity index (χ4v) is 1.16. The van der Waals surface area contributed by atoms with E-state index in [-0.39, 0.29) is 5.91 Å². The summed E-state index contributed by atoms with van der Waals surface area (Å²) in [5, 5.41) is 4.10. The number of amides is 1. The van der Waals surface area contributed by atoms with Crippen molar-refractivity contribution in [3.05, 3.63) is 30.2 Å². The average Bonchev–Trinajstić information content (AvgIpc) is 2.59. The monoisotopic (exact) mass is 190 g/mol. The van der Waals surface area contributed by atoms with Gasteiger partial charge in [-0.2, -0.15) is 5.10 Å². The summed E-state index contributed by atoms with van der Waals surface area (Å²) in [7, 11) is 3.39. The molecule has 1 amide bonds. The fourth-order valence-electron chi connectivity index (χ4n) is 1.16. The van der Waals surface area contributed by atoms with Gasteiger partial charge in [0.15, 0.2) is 11.3 Å². The molecule has 0 radical (unpaired) electrons. The van der Waals surface area contributed by atoms with E-state index in [0.717, 1.165) is 0 Å². The number of rotatable bonds is 1. The van der Waals surface area contributed by atoms with Gasteiger partial charge in [0.05, 0.1) is 0 Å². The van der Waals surface area contributed by atoms with E-state index in [9.17, 15) is 4.79 Å². The first kappa shape index (κ1) is 8.68. The van der Waals surface area contributed by atoms with E-state index in [0.29, 0.717) is 11.3 Å². The molecular weight excluding hydrogens is 180 g/mol. The minimum atomic E-state index is -0.115. The van der Waals surface area contributed by atoms with Crippen molar-refractivity contribution in [2.75, 3.05) is 14.1 Å². The molecule has 5 heteroatoms. The van der Waals surface area contributed by atoms with Gasteiger partial charge in [-0.3, -0.25) is 4.79 Å². The molecule has 0 unspecified atom stereocenters. The van der Waals surface area contributed by atoms with Crippen LogP contribution in [0.25, 0.3) is 5.65 Å². The molecule has 2 aromatic rings. The summed E-state index contributed by atoms with van der Waals surface area (Å²) in [6, 6.07) is 3.44. The standard InChI is InChI=1S/C9H10N4O/c1-12(2)9(14)7-6-8-10-4-3-5-13(8)11-7/h3-6H,1-2H3. The Balaban J connectivity index is 2.50. The van der Waals surface area contributed by atoms with Crippen LogP contribution in [-0.4, -0.2) is 39.5 Å². The second-order valence-electron chi connectivity index (χ2n) is 3.15. The van der Waals surface area contributed by atoms with Crippen LogP contribution in [0.15, 0.2) is 24.5 Å². The van der Waals surface area contributed by atoms with Crippen LogP contribution in [0.5, 0.6) is 0 Å². The third-order valence-corrected chi connectivity index (χ3v) is 1.86. The quantitative estimate of drug-likeness (QED) is 0.655. The van der Waals surface area contributed by atoms with Gasteiger partial charge in [0.1, 0.15) is 0 Å². The number of fused-ring (bicyclic) bond motifs is 1. The first-order chi connectivity index (χ1) is 6.68. The summed E-state index contributed by atoms with van der Waals surface area (Å²) in [5.74, 6) is -0.115. The van der Waals surface area contributed by atoms with Gasteiger partial charge in [0.2, 0.25) is 0 Å². The zero-order chi connectivity index (χ0) is 10.1. The number of carbonyl (C=O) groups is 1. The molecule has 0 bridgehead atoms. The lowest BCUT2D eigenvalue weighted by Gasteiger charge is -2.05. The van der Waals surface area contributed by atoms with E-state index < -0.39 is 0 Å². The summed E-state index contributed by atoms with van der Waals surface area (Å²) in [4.78, 5) is 17.1. The summed E-state index contributed by atoms with van der Waals surface area (Å²) in [6.07, 6.45) is 3.43. The van der Waals surface area contributed by atoms with E-state index in [1.807, 2.05) is 0 Å². The molecule has 0 saturated heterocycles. The van der Waals surface area contributed by atoms with Crippen molar-refractivity contribution in [2.45, 2.75) is 0 Å². The van der Waals surface area contributed by atoms with Crippen LogP contribution in [0, 0.1) is 0 Å². The maximum absolute atomic E-state index is 11.5. The Morgan fingerprint density at radius 2 is 2.29 bits per heavy atom. The lowest BCUT2D eigenvalue weighted by atomic mass is 10.4. The molecule has 14 heavy (non-hydrogen) atoms. The van der Waals surface area contributed by atoms with Gasteiger partial charge >= 0.3 is 0 Å². The minimum absolute atomic E-state index is 0.115. The smallest absolute Gasteiger partial charge is 0.273 e. The molecule has 2 aromatic heterocycles. The molecule has 72 valence electrons. The van der Waals surface area contributed by atoms with Crippen molar-refractivity contribution in [3.63, 3.8) is 0 Å². The van der Waals surface area contributed by atoms with Crippen molar-refractivity contribution >= 4 is 11.6 Å². The molecule has 0 saturated carbocycles.